The Labute approximate surface area is 80.6 Å². The molecule has 0 aliphatic heterocycles. The molecule has 1 amide bonds. The van der Waals surface area contributed by atoms with E-state index in [-0.39, 0.29) is 5.91 Å². The number of rotatable bonds is 2. The summed E-state index contributed by atoms with van der Waals surface area (Å²) in [5.74, 6) is 0.490. The van der Waals surface area contributed by atoms with Crippen LogP contribution in [-0.4, -0.2) is 20.9 Å². The molecular weight excluding hydrogens is 180 g/mol. The summed E-state index contributed by atoms with van der Waals surface area (Å²) in [6.45, 7) is 1.79. The minimum atomic E-state index is -0.0487. The lowest BCUT2D eigenvalue weighted by atomic mass is 10.4. The van der Waals surface area contributed by atoms with Crippen LogP contribution in [0.5, 0.6) is 0 Å². The number of fused-ring (bicyclic) bond motifs is 1. The highest BCUT2D eigenvalue weighted by Crippen LogP contribution is 2.11. The third kappa shape index (κ3) is 1.56. The molecule has 0 aliphatic rings. The number of pyridine rings is 1. The predicted octanol–water partition coefficient (Wildman–Crippen LogP) is 1.31. The maximum absolute atomic E-state index is 11.1. The van der Waals surface area contributed by atoms with E-state index in [0.717, 1.165) is 11.0 Å². The first-order valence-corrected chi connectivity index (χ1v) is 4.38. The number of amides is 1. The van der Waals surface area contributed by atoms with E-state index < -0.39 is 0 Å². The van der Waals surface area contributed by atoms with E-state index in [0.29, 0.717) is 12.2 Å². The summed E-state index contributed by atoms with van der Waals surface area (Å²) < 4.78 is 0. The fourth-order valence-corrected chi connectivity index (χ4v) is 1.13. The molecule has 2 aromatic heterocycles. The van der Waals surface area contributed by atoms with Crippen molar-refractivity contribution in [3.05, 3.63) is 18.6 Å². The molecule has 0 unspecified atom stereocenters. The normalized spacial score (nSPS) is 10.4. The average molecular weight is 190 g/mol. The summed E-state index contributed by atoms with van der Waals surface area (Å²) >= 11 is 0. The van der Waals surface area contributed by atoms with Gasteiger partial charge in [0.25, 0.3) is 0 Å². The van der Waals surface area contributed by atoms with Crippen molar-refractivity contribution in [3.8, 4) is 0 Å². The Morgan fingerprint density at radius 1 is 1.57 bits per heavy atom. The molecular formula is C9H10N4O. The van der Waals surface area contributed by atoms with Crippen molar-refractivity contribution in [2.24, 2.45) is 0 Å². The highest BCUT2D eigenvalue weighted by atomic mass is 16.1. The van der Waals surface area contributed by atoms with Crippen LogP contribution in [0.2, 0.25) is 0 Å². The minimum absolute atomic E-state index is 0.0487. The Morgan fingerprint density at radius 3 is 3.21 bits per heavy atom. The van der Waals surface area contributed by atoms with Crippen LogP contribution in [0, 0.1) is 0 Å². The van der Waals surface area contributed by atoms with Gasteiger partial charge in [-0.15, -0.1) is 0 Å². The molecule has 0 atom stereocenters. The van der Waals surface area contributed by atoms with Crippen LogP contribution in [-0.2, 0) is 4.79 Å². The van der Waals surface area contributed by atoms with Gasteiger partial charge in [-0.2, -0.15) is 0 Å². The molecule has 5 nitrogen and oxygen atoms in total. The molecule has 2 heterocycles. The second-order valence-corrected chi connectivity index (χ2v) is 2.89. The lowest BCUT2D eigenvalue weighted by Crippen LogP contribution is -2.10. The maximum atomic E-state index is 11.1. The highest BCUT2D eigenvalue weighted by Gasteiger charge is 2.02. The quantitative estimate of drug-likeness (QED) is 0.749. The first-order valence-electron chi connectivity index (χ1n) is 4.38. The van der Waals surface area contributed by atoms with Crippen molar-refractivity contribution in [2.75, 3.05) is 5.32 Å². The number of hydrogen-bond acceptors (Lipinski definition) is 3. The van der Waals surface area contributed by atoms with Gasteiger partial charge in [0, 0.05) is 12.5 Å². The fraction of sp³-hybridized carbons (Fsp3) is 0.222. The first-order chi connectivity index (χ1) is 6.79. The molecule has 2 rings (SSSR count). The standard InChI is InChI=1S/C9H10N4O/c1-2-9(14)13-8-3-6-7(4-10-8)12-5-11-6/h3-5H,2H2,1H3,(H,11,12)(H,10,13,14). The molecule has 0 radical (unpaired) electrons. The van der Waals surface area contributed by atoms with Gasteiger partial charge in [0.05, 0.1) is 23.6 Å². The zero-order valence-corrected chi connectivity index (χ0v) is 7.74. The second-order valence-electron chi connectivity index (χ2n) is 2.89. The molecule has 2 N–H and O–H groups in total. The average Bonchev–Trinajstić information content (AvgIpc) is 2.64. The van der Waals surface area contributed by atoms with Gasteiger partial charge in [0.1, 0.15) is 5.82 Å². The van der Waals surface area contributed by atoms with E-state index in [1.165, 1.54) is 0 Å². The fourth-order valence-electron chi connectivity index (χ4n) is 1.13. The molecule has 14 heavy (non-hydrogen) atoms. The lowest BCUT2D eigenvalue weighted by molar-refractivity contribution is -0.115. The van der Waals surface area contributed by atoms with Gasteiger partial charge >= 0.3 is 0 Å². The Hall–Kier alpha value is -1.91. The number of aromatic nitrogens is 3. The largest absolute Gasteiger partial charge is 0.343 e. The number of nitrogens with zero attached hydrogens (tertiary/aromatic N) is 2. The summed E-state index contributed by atoms with van der Waals surface area (Å²) in [6, 6.07) is 1.74. The Bertz CT molecular complexity index is 463. The highest BCUT2D eigenvalue weighted by molar-refractivity contribution is 5.91. The first kappa shape index (κ1) is 8.68. The topological polar surface area (TPSA) is 70.7 Å². The van der Waals surface area contributed by atoms with E-state index in [9.17, 15) is 4.79 Å². The van der Waals surface area contributed by atoms with Gasteiger partial charge < -0.3 is 10.3 Å². The zero-order chi connectivity index (χ0) is 9.97. The molecule has 0 fully saturated rings. The summed E-state index contributed by atoms with van der Waals surface area (Å²) in [6.07, 6.45) is 3.69. The van der Waals surface area contributed by atoms with Crippen molar-refractivity contribution in [1.82, 2.24) is 15.0 Å². The van der Waals surface area contributed by atoms with Gasteiger partial charge in [-0.25, -0.2) is 9.97 Å². The number of carbonyl (C=O) groups excluding carboxylic acids is 1. The lowest BCUT2D eigenvalue weighted by Gasteiger charge is -2.00. The number of anilines is 1. The van der Waals surface area contributed by atoms with Crippen LogP contribution < -0.4 is 5.32 Å². The van der Waals surface area contributed by atoms with Gasteiger partial charge in [-0.1, -0.05) is 6.92 Å². The van der Waals surface area contributed by atoms with Crippen LogP contribution in [0.4, 0.5) is 5.82 Å². The van der Waals surface area contributed by atoms with Crippen molar-refractivity contribution in [3.63, 3.8) is 0 Å². The molecule has 0 bridgehead atoms. The Morgan fingerprint density at radius 2 is 2.43 bits per heavy atom. The SMILES string of the molecule is CCC(=O)Nc1cc2nc[nH]c2cn1. The van der Waals surface area contributed by atoms with Crippen LogP contribution in [0.3, 0.4) is 0 Å². The third-order valence-electron chi connectivity index (χ3n) is 1.89. The van der Waals surface area contributed by atoms with Crippen molar-refractivity contribution in [1.29, 1.82) is 0 Å². The van der Waals surface area contributed by atoms with Crippen molar-refractivity contribution < 1.29 is 4.79 Å². The number of hydrogen-bond donors (Lipinski definition) is 2. The molecule has 0 aromatic carbocycles. The van der Waals surface area contributed by atoms with Crippen LogP contribution >= 0.6 is 0 Å². The van der Waals surface area contributed by atoms with E-state index in [2.05, 4.69) is 20.3 Å². The van der Waals surface area contributed by atoms with Gasteiger partial charge in [0.15, 0.2) is 0 Å². The Balaban J connectivity index is 2.30. The predicted molar refractivity (Wildman–Crippen MR) is 52.8 cm³/mol. The van der Waals surface area contributed by atoms with Crippen molar-refractivity contribution >= 4 is 22.8 Å². The number of carbonyl (C=O) groups is 1. The van der Waals surface area contributed by atoms with E-state index in [1.54, 1.807) is 25.5 Å². The molecule has 0 spiro atoms. The second kappa shape index (κ2) is 3.45. The van der Waals surface area contributed by atoms with Gasteiger partial charge in [0.2, 0.25) is 5.91 Å². The summed E-state index contributed by atoms with van der Waals surface area (Å²) in [4.78, 5) is 22.1. The number of nitrogens with one attached hydrogen (secondary N) is 2. The van der Waals surface area contributed by atoms with E-state index in [1.807, 2.05) is 0 Å². The molecule has 5 heteroatoms. The summed E-state index contributed by atoms with van der Waals surface area (Å²) in [5, 5.41) is 2.67. The van der Waals surface area contributed by atoms with Crippen LogP contribution in [0.1, 0.15) is 13.3 Å². The molecule has 72 valence electrons. The van der Waals surface area contributed by atoms with Gasteiger partial charge in [-0.3, -0.25) is 4.79 Å². The molecule has 0 saturated carbocycles. The number of H-pyrrole nitrogens is 1. The van der Waals surface area contributed by atoms with Crippen LogP contribution in [0.15, 0.2) is 18.6 Å². The van der Waals surface area contributed by atoms with Gasteiger partial charge in [-0.05, 0) is 0 Å². The maximum Gasteiger partial charge on any atom is 0.225 e. The molecule has 2 aromatic rings. The van der Waals surface area contributed by atoms with E-state index in [4.69, 9.17) is 0 Å². The van der Waals surface area contributed by atoms with Crippen molar-refractivity contribution in [2.45, 2.75) is 13.3 Å². The molecule has 0 saturated heterocycles. The summed E-state index contributed by atoms with van der Waals surface area (Å²) in [7, 11) is 0. The smallest absolute Gasteiger partial charge is 0.225 e. The number of imidazole rings is 1. The molecule has 0 aliphatic carbocycles. The monoisotopic (exact) mass is 190 g/mol. The number of aromatic amines is 1. The third-order valence-corrected chi connectivity index (χ3v) is 1.89. The summed E-state index contributed by atoms with van der Waals surface area (Å²) in [5.41, 5.74) is 1.66. The zero-order valence-electron chi connectivity index (χ0n) is 7.74. The minimum Gasteiger partial charge on any atom is -0.343 e. The van der Waals surface area contributed by atoms with Crippen LogP contribution in [0.25, 0.3) is 11.0 Å². The van der Waals surface area contributed by atoms with E-state index >= 15 is 0 Å². The Kier molecular flexibility index (Phi) is 2.14.